The van der Waals surface area contributed by atoms with Gasteiger partial charge in [0.25, 0.3) is 0 Å². The summed E-state index contributed by atoms with van der Waals surface area (Å²) in [5.41, 5.74) is 0. The minimum absolute atomic E-state index is 0.0973. The molecule has 0 saturated carbocycles. The fourth-order valence-corrected chi connectivity index (χ4v) is 2.83. The van der Waals surface area contributed by atoms with Crippen LogP contribution in [0.15, 0.2) is 18.5 Å². The third-order valence-corrected chi connectivity index (χ3v) is 4.34. The van der Waals surface area contributed by atoms with Crippen molar-refractivity contribution in [1.29, 1.82) is 0 Å². The number of hydrogen-bond donors (Lipinski definition) is 0. The van der Waals surface area contributed by atoms with E-state index in [0.717, 1.165) is 45.3 Å². The molecule has 2 aromatic rings. The highest BCUT2D eigenvalue weighted by atomic mass is 16.5. The summed E-state index contributed by atoms with van der Waals surface area (Å²) in [5.74, 6) is 1.03. The molecule has 3 rings (SSSR count). The lowest BCUT2D eigenvalue weighted by Crippen LogP contribution is -2.37. The highest BCUT2D eigenvalue weighted by Crippen LogP contribution is 2.21. The molecule has 0 unspecified atom stereocenters. The topological polar surface area (TPSA) is 98.9 Å². The van der Waals surface area contributed by atoms with E-state index < -0.39 is 0 Å². The molecule has 0 spiro atoms. The molecule has 9 heteroatoms. The van der Waals surface area contributed by atoms with Crippen molar-refractivity contribution >= 4 is 11.9 Å². The fraction of sp³-hybridized carbons (Fsp3) is 0.625. The van der Waals surface area contributed by atoms with Crippen LogP contribution in [0.4, 0.5) is 5.95 Å². The summed E-state index contributed by atoms with van der Waals surface area (Å²) in [6.45, 7) is 4.47. The minimum atomic E-state index is -0.182. The van der Waals surface area contributed by atoms with Crippen molar-refractivity contribution < 1.29 is 9.53 Å². The Morgan fingerprint density at radius 2 is 2.04 bits per heavy atom. The van der Waals surface area contributed by atoms with Gasteiger partial charge in [-0.1, -0.05) is 13.3 Å². The first-order valence-corrected chi connectivity index (χ1v) is 8.71. The molecule has 9 nitrogen and oxygen atoms in total. The van der Waals surface area contributed by atoms with Crippen LogP contribution in [0, 0.1) is 5.92 Å². The van der Waals surface area contributed by atoms with E-state index in [4.69, 9.17) is 4.74 Å². The average Bonchev–Trinajstić information content (AvgIpc) is 3.12. The number of hydrogen-bond acceptors (Lipinski definition) is 8. The van der Waals surface area contributed by atoms with Gasteiger partial charge in [0.05, 0.1) is 5.92 Å². The standard InChI is InChI=1S/C16H23N7O2/c1-2-3-9-23-14(19-20-21-23)12-25-15(24)13-5-10-22(11-6-13)16-17-7-4-8-18-16/h4,7-8,13H,2-3,5-6,9-12H2,1H3. The summed E-state index contributed by atoms with van der Waals surface area (Å²) in [4.78, 5) is 22.9. The maximum Gasteiger partial charge on any atom is 0.309 e. The SMILES string of the molecule is CCCCn1nnnc1COC(=O)C1CCN(c2ncccn2)CC1. The Kier molecular flexibility index (Phi) is 5.86. The predicted octanol–water partition coefficient (Wildman–Crippen LogP) is 1.22. The Bertz CT molecular complexity index is 668. The Morgan fingerprint density at radius 1 is 1.28 bits per heavy atom. The van der Waals surface area contributed by atoms with Crippen molar-refractivity contribution in [2.24, 2.45) is 5.92 Å². The molecular weight excluding hydrogens is 322 g/mol. The second kappa shape index (κ2) is 8.50. The summed E-state index contributed by atoms with van der Waals surface area (Å²) in [6.07, 6.45) is 6.97. The van der Waals surface area contributed by atoms with E-state index in [1.54, 1.807) is 23.1 Å². The van der Waals surface area contributed by atoms with Crippen LogP contribution in [0.2, 0.25) is 0 Å². The molecule has 134 valence electrons. The van der Waals surface area contributed by atoms with E-state index in [0.29, 0.717) is 11.8 Å². The van der Waals surface area contributed by atoms with E-state index in [9.17, 15) is 4.79 Å². The zero-order valence-electron chi connectivity index (χ0n) is 14.4. The van der Waals surface area contributed by atoms with Crippen LogP contribution in [0.5, 0.6) is 0 Å². The lowest BCUT2D eigenvalue weighted by Gasteiger charge is -2.30. The molecule has 1 aliphatic heterocycles. The van der Waals surface area contributed by atoms with Gasteiger partial charge in [-0.15, -0.1) is 5.10 Å². The van der Waals surface area contributed by atoms with Crippen LogP contribution in [0.1, 0.15) is 38.4 Å². The van der Waals surface area contributed by atoms with Crippen molar-refractivity contribution in [3.05, 3.63) is 24.3 Å². The smallest absolute Gasteiger partial charge is 0.309 e. The lowest BCUT2D eigenvalue weighted by molar-refractivity contribution is -0.151. The van der Waals surface area contributed by atoms with Crippen LogP contribution >= 0.6 is 0 Å². The van der Waals surface area contributed by atoms with Crippen molar-refractivity contribution in [2.75, 3.05) is 18.0 Å². The molecule has 0 amide bonds. The molecule has 25 heavy (non-hydrogen) atoms. The number of esters is 1. The average molecular weight is 345 g/mol. The highest BCUT2D eigenvalue weighted by molar-refractivity contribution is 5.72. The third-order valence-electron chi connectivity index (χ3n) is 4.34. The van der Waals surface area contributed by atoms with Gasteiger partial charge in [0.2, 0.25) is 5.95 Å². The zero-order chi connectivity index (χ0) is 17.5. The number of aryl methyl sites for hydroxylation is 1. The third kappa shape index (κ3) is 4.49. The number of unbranched alkanes of at least 4 members (excludes halogenated alkanes) is 1. The minimum Gasteiger partial charge on any atom is -0.457 e. The van der Waals surface area contributed by atoms with Crippen molar-refractivity contribution in [3.8, 4) is 0 Å². The van der Waals surface area contributed by atoms with Crippen LogP contribution in [-0.2, 0) is 22.7 Å². The van der Waals surface area contributed by atoms with E-state index in [2.05, 4.69) is 37.3 Å². The molecule has 2 aromatic heterocycles. The van der Waals surface area contributed by atoms with Crippen LogP contribution in [-0.4, -0.2) is 49.2 Å². The van der Waals surface area contributed by atoms with E-state index in [1.807, 2.05) is 0 Å². The van der Waals surface area contributed by atoms with Gasteiger partial charge in [-0.05, 0) is 35.8 Å². The maximum atomic E-state index is 12.3. The van der Waals surface area contributed by atoms with E-state index in [1.165, 1.54) is 0 Å². The van der Waals surface area contributed by atoms with Gasteiger partial charge in [-0.3, -0.25) is 4.79 Å². The van der Waals surface area contributed by atoms with Crippen molar-refractivity contribution in [3.63, 3.8) is 0 Å². The molecule has 0 N–H and O–H groups in total. The molecule has 0 aromatic carbocycles. The summed E-state index contributed by atoms with van der Waals surface area (Å²) in [5, 5.41) is 11.5. The number of tetrazole rings is 1. The number of anilines is 1. The van der Waals surface area contributed by atoms with Gasteiger partial charge in [0, 0.05) is 32.0 Å². The number of rotatable bonds is 7. The zero-order valence-corrected chi connectivity index (χ0v) is 14.4. The molecule has 0 bridgehead atoms. The van der Waals surface area contributed by atoms with Crippen LogP contribution in [0.25, 0.3) is 0 Å². The number of carbonyl (C=O) groups is 1. The molecule has 1 fully saturated rings. The first-order chi connectivity index (χ1) is 12.3. The van der Waals surface area contributed by atoms with Gasteiger partial charge in [-0.25, -0.2) is 14.6 Å². The number of piperidine rings is 1. The van der Waals surface area contributed by atoms with Crippen molar-refractivity contribution in [2.45, 2.75) is 45.8 Å². The fourth-order valence-electron chi connectivity index (χ4n) is 2.83. The second-order valence-corrected chi connectivity index (χ2v) is 6.09. The molecule has 0 radical (unpaired) electrons. The molecular formula is C16H23N7O2. The Balaban J connectivity index is 1.46. The lowest BCUT2D eigenvalue weighted by atomic mass is 9.97. The predicted molar refractivity (Wildman–Crippen MR) is 89.5 cm³/mol. The van der Waals surface area contributed by atoms with Crippen molar-refractivity contribution in [1.82, 2.24) is 30.2 Å². The van der Waals surface area contributed by atoms with Gasteiger partial charge >= 0.3 is 5.97 Å². The number of carbonyl (C=O) groups excluding carboxylic acids is 1. The monoisotopic (exact) mass is 345 g/mol. The molecule has 0 aliphatic carbocycles. The number of nitrogens with zero attached hydrogens (tertiary/aromatic N) is 7. The quantitative estimate of drug-likeness (QED) is 0.691. The molecule has 3 heterocycles. The second-order valence-electron chi connectivity index (χ2n) is 6.09. The maximum absolute atomic E-state index is 12.3. The summed E-state index contributed by atoms with van der Waals surface area (Å²) < 4.78 is 7.14. The largest absolute Gasteiger partial charge is 0.457 e. The summed E-state index contributed by atoms with van der Waals surface area (Å²) in [7, 11) is 0. The van der Waals surface area contributed by atoms with E-state index in [-0.39, 0.29) is 18.5 Å². The first kappa shape index (κ1) is 17.2. The van der Waals surface area contributed by atoms with Gasteiger partial charge in [0.1, 0.15) is 0 Å². The molecule has 0 atom stereocenters. The normalized spacial score (nSPS) is 15.3. The number of ether oxygens (including phenoxy) is 1. The first-order valence-electron chi connectivity index (χ1n) is 8.71. The highest BCUT2D eigenvalue weighted by Gasteiger charge is 2.27. The number of aromatic nitrogens is 6. The van der Waals surface area contributed by atoms with Crippen LogP contribution < -0.4 is 4.90 Å². The Hall–Kier alpha value is -2.58. The molecule has 1 aliphatic rings. The van der Waals surface area contributed by atoms with Gasteiger partial charge < -0.3 is 9.64 Å². The van der Waals surface area contributed by atoms with Gasteiger partial charge in [-0.2, -0.15) is 0 Å². The Morgan fingerprint density at radius 3 is 2.76 bits per heavy atom. The van der Waals surface area contributed by atoms with Gasteiger partial charge in [0.15, 0.2) is 12.4 Å². The summed E-state index contributed by atoms with van der Waals surface area (Å²) in [6, 6.07) is 1.79. The summed E-state index contributed by atoms with van der Waals surface area (Å²) >= 11 is 0. The van der Waals surface area contributed by atoms with Crippen LogP contribution in [0.3, 0.4) is 0 Å². The van der Waals surface area contributed by atoms with E-state index >= 15 is 0 Å². The Labute approximate surface area is 146 Å². The molecule has 1 saturated heterocycles.